The number of aliphatic hydroxyl groups excluding tert-OH is 1. The fraction of sp³-hybridized carbons (Fsp3) is 0.700. The maximum absolute atomic E-state index is 10.5. The van der Waals surface area contributed by atoms with Crippen LogP contribution in [0.4, 0.5) is 0 Å². The minimum atomic E-state index is -1.08. The Hall–Kier alpha value is -0.990. The Morgan fingerprint density at radius 2 is 1.89 bits per heavy atom. The van der Waals surface area contributed by atoms with Crippen molar-refractivity contribution in [1.82, 2.24) is 4.90 Å². The summed E-state index contributed by atoms with van der Waals surface area (Å²) in [4.78, 5) is 3.44. The van der Waals surface area contributed by atoms with Crippen molar-refractivity contribution >= 4 is 11.8 Å². The molecule has 27 heavy (non-hydrogen) atoms. The lowest BCUT2D eigenvalue weighted by atomic mass is 9.76. The number of rotatable bonds is 5. The average molecular weight is 398 g/mol. The number of aliphatic hydroxyl groups is 2. The van der Waals surface area contributed by atoms with Gasteiger partial charge in [-0.3, -0.25) is 4.90 Å². The minimum Gasteiger partial charge on any atom is -0.496 e. The zero-order chi connectivity index (χ0) is 19.7. The molecule has 2 aliphatic rings. The maximum Gasteiger partial charge on any atom is 0.132 e. The molecule has 1 spiro atoms. The van der Waals surface area contributed by atoms with E-state index in [9.17, 15) is 10.2 Å². The number of likely N-dealkylation sites (tertiary alicyclic amines) is 1. The van der Waals surface area contributed by atoms with Gasteiger partial charge in [-0.25, -0.2) is 0 Å². The molecule has 2 N–H and O–H groups in total. The summed E-state index contributed by atoms with van der Waals surface area (Å²) in [6, 6.07) is 4.10. The number of nitrogens with zero attached hydrogens (tertiary/aromatic N) is 1. The van der Waals surface area contributed by atoms with Gasteiger partial charge >= 0.3 is 0 Å². The van der Waals surface area contributed by atoms with E-state index in [0.717, 1.165) is 54.4 Å². The first-order chi connectivity index (χ1) is 12.8. The minimum absolute atomic E-state index is 0.203. The van der Waals surface area contributed by atoms with Crippen LogP contribution in [0.25, 0.3) is 0 Å². The Morgan fingerprint density at radius 3 is 2.44 bits per heavy atom. The van der Waals surface area contributed by atoms with Crippen LogP contribution in [-0.4, -0.2) is 72.6 Å². The van der Waals surface area contributed by atoms with Crippen LogP contribution in [0.5, 0.6) is 11.5 Å². The van der Waals surface area contributed by atoms with E-state index in [1.165, 1.54) is 0 Å². The number of hydrogen-bond donors (Lipinski definition) is 2. The van der Waals surface area contributed by atoms with Crippen LogP contribution in [0.2, 0.25) is 0 Å². The predicted molar refractivity (Wildman–Crippen MR) is 106 cm³/mol. The molecular formula is C20H31NO5S. The van der Waals surface area contributed by atoms with Gasteiger partial charge in [0.25, 0.3) is 0 Å². The van der Waals surface area contributed by atoms with Crippen LogP contribution >= 0.6 is 11.8 Å². The van der Waals surface area contributed by atoms with Crippen molar-refractivity contribution in [3.05, 3.63) is 17.7 Å². The van der Waals surface area contributed by atoms with Crippen molar-refractivity contribution in [2.24, 2.45) is 0 Å². The smallest absolute Gasteiger partial charge is 0.132 e. The van der Waals surface area contributed by atoms with Gasteiger partial charge in [-0.2, -0.15) is 0 Å². The van der Waals surface area contributed by atoms with Crippen molar-refractivity contribution in [3.8, 4) is 11.5 Å². The zero-order valence-corrected chi connectivity index (χ0v) is 17.5. The highest BCUT2D eigenvalue weighted by molar-refractivity contribution is 7.98. The molecule has 0 aromatic heterocycles. The summed E-state index contributed by atoms with van der Waals surface area (Å²) in [6.45, 7) is 4.44. The van der Waals surface area contributed by atoms with Crippen molar-refractivity contribution in [2.75, 3.05) is 40.2 Å². The summed E-state index contributed by atoms with van der Waals surface area (Å²) in [5, 5.41) is 20.4. The maximum atomic E-state index is 10.5. The molecule has 1 aromatic rings. The molecule has 3 rings (SSSR count). The molecule has 2 aliphatic heterocycles. The lowest BCUT2D eigenvalue weighted by Crippen LogP contribution is -2.59. The highest BCUT2D eigenvalue weighted by Gasteiger charge is 2.48. The molecule has 0 saturated carbocycles. The van der Waals surface area contributed by atoms with E-state index in [2.05, 4.69) is 11.0 Å². The third kappa shape index (κ3) is 4.38. The summed E-state index contributed by atoms with van der Waals surface area (Å²) in [5.41, 5.74) is -0.302. The van der Waals surface area contributed by atoms with Crippen LogP contribution < -0.4 is 9.47 Å². The summed E-state index contributed by atoms with van der Waals surface area (Å²) >= 11 is 1.64. The van der Waals surface area contributed by atoms with Crippen molar-refractivity contribution < 1.29 is 24.4 Å². The topological polar surface area (TPSA) is 71.4 Å². The quantitative estimate of drug-likeness (QED) is 0.739. The molecule has 6 nitrogen and oxygen atoms in total. The number of thioether (sulfide) groups is 1. The lowest BCUT2D eigenvalue weighted by molar-refractivity contribution is -0.223. The Balaban J connectivity index is 1.67. The van der Waals surface area contributed by atoms with Crippen molar-refractivity contribution in [3.63, 3.8) is 0 Å². The van der Waals surface area contributed by atoms with Gasteiger partial charge < -0.3 is 24.4 Å². The molecular weight excluding hydrogens is 366 g/mol. The number of hydrogen-bond acceptors (Lipinski definition) is 7. The number of benzene rings is 1. The number of methoxy groups -OCH3 is 2. The summed E-state index contributed by atoms with van der Waals surface area (Å²) in [5.74, 6) is 1.74. The van der Waals surface area contributed by atoms with Crippen LogP contribution in [0.15, 0.2) is 17.0 Å². The van der Waals surface area contributed by atoms with E-state index in [0.29, 0.717) is 6.42 Å². The highest BCUT2D eigenvalue weighted by atomic mass is 32.2. The van der Waals surface area contributed by atoms with E-state index < -0.39 is 11.7 Å². The van der Waals surface area contributed by atoms with Gasteiger partial charge in [-0.05, 0) is 38.2 Å². The van der Waals surface area contributed by atoms with Gasteiger partial charge in [0.2, 0.25) is 0 Å². The molecule has 2 atom stereocenters. The normalized spacial score (nSPS) is 28.3. The first-order valence-electron chi connectivity index (χ1n) is 9.38. The van der Waals surface area contributed by atoms with Gasteiger partial charge in [0.1, 0.15) is 17.6 Å². The summed E-state index contributed by atoms with van der Waals surface area (Å²) in [7, 11) is 3.39. The molecule has 2 saturated heterocycles. The second kappa shape index (κ2) is 8.17. The van der Waals surface area contributed by atoms with E-state index >= 15 is 0 Å². The molecule has 7 heteroatoms. The Morgan fingerprint density at radius 1 is 1.22 bits per heavy atom. The molecule has 0 aliphatic carbocycles. The Kier molecular flexibility index (Phi) is 6.27. The van der Waals surface area contributed by atoms with Crippen molar-refractivity contribution in [2.45, 2.75) is 54.9 Å². The molecule has 2 fully saturated rings. The SMILES string of the molecule is COc1cc(SC)c(OC)cc1CN1CCC2(CC1)C[C@](C)(O)[C@@H](O)CO2. The lowest BCUT2D eigenvalue weighted by Gasteiger charge is -2.50. The number of ether oxygens (including phenoxy) is 3. The second-order valence-electron chi connectivity index (χ2n) is 7.84. The van der Waals surface area contributed by atoms with Gasteiger partial charge in [0.05, 0.1) is 36.9 Å². The van der Waals surface area contributed by atoms with Gasteiger partial charge in [-0.1, -0.05) is 0 Å². The van der Waals surface area contributed by atoms with Crippen LogP contribution in [0.3, 0.4) is 0 Å². The standard InChI is InChI=1S/C20H31NO5S/c1-19(23)13-20(26-12-18(19)22)5-7-21(8-6-20)11-14-9-16(25-3)17(27-4)10-15(14)24-2/h9-10,18,22-23H,5-8,11-13H2,1-4H3/t18-,19-/m0/s1. The highest BCUT2D eigenvalue weighted by Crippen LogP contribution is 2.40. The van der Waals surface area contributed by atoms with Gasteiger partial charge in [-0.15, -0.1) is 11.8 Å². The molecule has 2 heterocycles. The van der Waals surface area contributed by atoms with E-state index in [-0.39, 0.29) is 12.2 Å². The molecule has 0 bridgehead atoms. The van der Waals surface area contributed by atoms with Crippen LogP contribution in [-0.2, 0) is 11.3 Å². The molecule has 0 radical (unpaired) electrons. The summed E-state index contributed by atoms with van der Waals surface area (Å²) in [6.07, 6.45) is 3.38. The summed E-state index contributed by atoms with van der Waals surface area (Å²) < 4.78 is 17.1. The molecule has 0 amide bonds. The van der Waals surface area contributed by atoms with E-state index in [4.69, 9.17) is 14.2 Å². The molecule has 152 valence electrons. The van der Waals surface area contributed by atoms with E-state index in [1.54, 1.807) is 32.9 Å². The Bertz CT molecular complexity index is 658. The van der Waals surface area contributed by atoms with Crippen LogP contribution in [0.1, 0.15) is 31.7 Å². The third-order valence-electron chi connectivity index (χ3n) is 5.89. The largest absolute Gasteiger partial charge is 0.496 e. The van der Waals surface area contributed by atoms with Gasteiger partial charge in [0.15, 0.2) is 0 Å². The van der Waals surface area contributed by atoms with Crippen LogP contribution in [0, 0.1) is 0 Å². The zero-order valence-electron chi connectivity index (χ0n) is 16.7. The Labute approximate surface area is 165 Å². The number of piperidine rings is 1. The fourth-order valence-corrected chi connectivity index (χ4v) is 4.72. The molecule has 0 unspecified atom stereocenters. The monoisotopic (exact) mass is 397 g/mol. The third-order valence-corrected chi connectivity index (χ3v) is 6.65. The second-order valence-corrected chi connectivity index (χ2v) is 8.69. The average Bonchev–Trinajstić information content (AvgIpc) is 2.66. The van der Waals surface area contributed by atoms with Gasteiger partial charge in [0, 0.05) is 31.6 Å². The predicted octanol–water partition coefficient (Wildman–Crippen LogP) is 2.29. The van der Waals surface area contributed by atoms with E-state index in [1.807, 2.05) is 12.3 Å². The van der Waals surface area contributed by atoms with Crippen molar-refractivity contribution in [1.29, 1.82) is 0 Å². The fourth-order valence-electron chi connectivity index (χ4n) is 4.15. The molecule has 1 aromatic carbocycles. The first kappa shape index (κ1) is 20.7. The first-order valence-corrected chi connectivity index (χ1v) is 10.6.